The van der Waals surface area contributed by atoms with E-state index in [0.29, 0.717) is 0 Å². The van der Waals surface area contributed by atoms with Crippen molar-refractivity contribution in [2.45, 2.75) is 19.1 Å². The lowest BCUT2D eigenvalue weighted by Gasteiger charge is -1.96. The molecule has 0 aliphatic carbocycles. The van der Waals surface area contributed by atoms with Crippen LogP contribution in [0.1, 0.15) is 12.8 Å². The van der Waals surface area contributed by atoms with Gasteiger partial charge in [0.1, 0.15) is 0 Å². The Morgan fingerprint density at radius 2 is 2.12 bits per heavy atom. The molecule has 0 aromatic heterocycles. The molecule has 0 heterocycles. The van der Waals surface area contributed by atoms with Gasteiger partial charge < -0.3 is 10.2 Å². The van der Waals surface area contributed by atoms with Gasteiger partial charge in [0.05, 0.1) is 0 Å². The number of carbonyl (C=O) groups excluding carboxylic acids is 1. The molecule has 0 saturated heterocycles. The number of hydrogen-bond donors (Lipinski definition) is 2. The fraction of sp³-hybridized carbons (Fsp3) is 0.750. The highest BCUT2D eigenvalue weighted by atomic mass is 35.5. The van der Waals surface area contributed by atoms with Crippen molar-refractivity contribution >= 4 is 16.8 Å². The quantitative estimate of drug-likeness (QED) is 0.421. The summed E-state index contributed by atoms with van der Waals surface area (Å²) in [6.07, 6.45) is -1.39. The van der Waals surface area contributed by atoms with Crippen LogP contribution in [0.2, 0.25) is 0 Å². The molecule has 8 heavy (non-hydrogen) atoms. The normalized spacial score (nSPS) is 10.0. The molecular formula is C4H7ClO3. The van der Waals surface area contributed by atoms with E-state index in [4.69, 9.17) is 21.8 Å². The molecule has 0 unspecified atom stereocenters. The van der Waals surface area contributed by atoms with Crippen LogP contribution in [0, 0.1) is 0 Å². The van der Waals surface area contributed by atoms with Crippen LogP contribution in [0.5, 0.6) is 0 Å². The van der Waals surface area contributed by atoms with E-state index in [1.807, 2.05) is 0 Å². The zero-order valence-corrected chi connectivity index (χ0v) is 4.93. The molecule has 0 bridgehead atoms. The molecule has 0 atom stereocenters. The Morgan fingerprint density at radius 3 is 2.25 bits per heavy atom. The first kappa shape index (κ1) is 7.88. The Kier molecular flexibility index (Phi) is 3.77. The van der Waals surface area contributed by atoms with E-state index >= 15 is 0 Å². The van der Waals surface area contributed by atoms with Gasteiger partial charge in [0.25, 0.3) is 0 Å². The predicted octanol–water partition coefficient (Wildman–Crippen LogP) is -0.157. The molecule has 0 aliphatic rings. The van der Waals surface area contributed by atoms with Gasteiger partial charge in [-0.15, -0.1) is 0 Å². The molecule has 0 rings (SSSR count). The van der Waals surface area contributed by atoms with Crippen LogP contribution in [-0.4, -0.2) is 21.7 Å². The van der Waals surface area contributed by atoms with E-state index in [1.54, 1.807) is 0 Å². The molecular weight excluding hydrogens is 131 g/mol. The summed E-state index contributed by atoms with van der Waals surface area (Å²) in [5.74, 6) is 0. The first-order chi connectivity index (χ1) is 3.63. The van der Waals surface area contributed by atoms with Crippen LogP contribution < -0.4 is 0 Å². The molecule has 0 aromatic rings. The summed E-state index contributed by atoms with van der Waals surface area (Å²) < 4.78 is 0. The van der Waals surface area contributed by atoms with Gasteiger partial charge in [0.15, 0.2) is 6.29 Å². The second-order valence-corrected chi connectivity index (χ2v) is 1.80. The Hall–Kier alpha value is -0.120. The van der Waals surface area contributed by atoms with Gasteiger partial charge in [-0.3, -0.25) is 4.79 Å². The Morgan fingerprint density at radius 1 is 1.62 bits per heavy atom. The Balaban J connectivity index is 3.05. The number of aliphatic hydroxyl groups is 2. The van der Waals surface area contributed by atoms with E-state index in [0.717, 1.165) is 0 Å². The molecule has 0 amide bonds. The molecule has 0 spiro atoms. The standard InChI is InChI=1S/C4H7ClO3/c5-3(6)1-2-4(7)8/h4,7-8H,1-2H2. The SMILES string of the molecule is O=C(Cl)CCC(O)O. The van der Waals surface area contributed by atoms with Gasteiger partial charge in [-0.25, -0.2) is 0 Å². The highest BCUT2D eigenvalue weighted by Gasteiger charge is 2.00. The van der Waals surface area contributed by atoms with Gasteiger partial charge in [-0.2, -0.15) is 0 Å². The third kappa shape index (κ3) is 5.88. The molecule has 0 saturated carbocycles. The molecule has 48 valence electrons. The fourth-order valence-electron chi connectivity index (χ4n) is 0.243. The Bertz CT molecular complexity index is 81.4. The number of rotatable bonds is 3. The molecule has 2 N–H and O–H groups in total. The summed E-state index contributed by atoms with van der Waals surface area (Å²) in [6, 6.07) is 0. The number of carbonyl (C=O) groups is 1. The van der Waals surface area contributed by atoms with Crippen molar-refractivity contribution in [3.05, 3.63) is 0 Å². The highest BCUT2D eigenvalue weighted by Crippen LogP contribution is 1.96. The summed E-state index contributed by atoms with van der Waals surface area (Å²) in [5.41, 5.74) is 0. The molecule has 0 aliphatic heterocycles. The van der Waals surface area contributed by atoms with Gasteiger partial charge in [-0.1, -0.05) is 0 Å². The van der Waals surface area contributed by atoms with Crippen LogP contribution in [0.4, 0.5) is 0 Å². The topological polar surface area (TPSA) is 57.5 Å². The van der Waals surface area contributed by atoms with Crippen LogP contribution in [0.15, 0.2) is 0 Å². The second-order valence-electron chi connectivity index (χ2n) is 1.37. The average molecular weight is 139 g/mol. The van der Waals surface area contributed by atoms with Crippen molar-refractivity contribution in [2.75, 3.05) is 0 Å². The third-order valence-electron chi connectivity index (χ3n) is 0.599. The number of hydrogen-bond acceptors (Lipinski definition) is 3. The maximum atomic E-state index is 9.89. The Labute approximate surface area is 51.9 Å². The first-order valence-corrected chi connectivity index (χ1v) is 2.55. The average Bonchev–Trinajstić information content (AvgIpc) is 1.61. The minimum atomic E-state index is -1.42. The van der Waals surface area contributed by atoms with E-state index in [-0.39, 0.29) is 12.8 Å². The lowest BCUT2D eigenvalue weighted by Crippen LogP contribution is -2.04. The van der Waals surface area contributed by atoms with Gasteiger partial charge in [-0.05, 0) is 11.6 Å². The monoisotopic (exact) mass is 138 g/mol. The van der Waals surface area contributed by atoms with Crippen LogP contribution in [-0.2, 0) is 4.79 Å². The summed E-state index contributed by atoms with van der Waals surface area (Å²) in [5, 5.41) is 15.7. The second kappa shape index (κ2) is 3.83. The third-order valence-corrected chi connectivity index (χ3v) is 0.788. The van der Waals surface area contributed by atoms with Crippen LogP contribution in [0.25, 0.3) is 0 Å². The van der Waals surface area contributed by atoms with E-state index in [2.05, 4.69) is 0 Å². The van der Waals surface area contributed by atoms with E-state index < -0.39 is 11.5 Å². The van der Waals surface area contributed by atoms with E-state index in [1.165, 1.54) is 0 Å². The van der Waals surface area contributed by atoms with Crippen molar-refractivity contribution in [1.29, 1.82) is 0 Å². The van der Waals surface area contributed by atoms with Gasteiger partial charge >= 0.3 is 0 Å². The largest absolute Gasteiger partial charge is 0.368 e. The fourth-order valence-corrected chi connectivity index (χ4v) is 0.352. The smallest absolute Gasteiger partial charge is 0.221 e. The zero-order chi connectivity index (χ0) is 6.57. The minimum absolute atomic E-state index is 0.0131. The predicted molar refractivity (Wildman–Crippen MR) is 28.3 cm³/mol. The summed E-state index contributed by atoms with van der Waals surface area (Å²) >= 11 is 4.86. The highest BCUT2D eigenvalue weighted by molar-refractivity contribution is 6.63. The molecule has 3 nitrogen and oxygen atoms in total. The molecule has 0 fully saturated rings. The van der Waals surface area contributed by atoms with Crippen molar-refractivity contribution in [3.8, 4) is 0 Å². The number of aliphatic hydroxyl groups excluding tert-OH is 1. The maximum Gasteiger partial charge on any atom is 0.221 e. The summed E-state index contributed by atoms with van der Waals surface area (Å²) in [4.78, 5) is 9.89. The van der Waals surface area contributed by atoms with Gasteiger partial charge in [0, 0.05) is 12.8 Å². The van der Waals surface area contributed by atoms with E-state index in [9.17, 15) is 4.79 Å². The lowest BCUT2D eigenvalue weighted by atomic mass is 10.3. The first-order valence-electron chi connectivity index (χ1n) is 2.17. The summed E-state index contributed by atoms with van der Waals surface area (Å²) in [7, 11) is 0. The van der Waals surface area contributed by atoms with Gasteiger partial charge in [0.2, 0.25) is 5.24 Å². The van der Waals surface area contributed by atoms with Crippen molar-refractivity contribution in [1.82, 2.24) is 0 Å². The molecule has 4 heteroatoms. The van der Waals surface area contributed by atoms with Crippen molar-refractivity contribution < 1.29 is 15.0 Å². The minimum Gasteiger partial charge on any atom is -0.368 e. The molecule has 0 aromatic carbocycles. The van der Waals surface area contributed by atoms with Crippen LogP contribution >= 0.6 is 11.6 Å². The van der Waals surface area contributed by atoms with Crippen molar-refractivity contribution in [2.24, 2.45) is 0 Å². The number of halogens is 1. The zero-order valence-electron chi connectivity index (χ0n) is 4.17. The van der Waals surface area contributed by atoms with Crippen LogP contribution in [0.3, 0.4) is 0 Å². The maximum absolute atomic E-state index is 9.89. The lowest BCUT2D eigenvalue weighted by molar-refractivity contribution is -0.114. The summed E-state index contributed by atoms with van der Waals surface area (Å²) in [6.45, 7) is 0. The van der Waals surface area contributed by atoms with Crippen molar-refractivity contribution in [3.63, 3.8) is 0 Å². The molecule has 0 radical (unpaired) electrons.